The number of aromatic nitrogens is 2. The van der Waals surface area contributed by atoms with Gasteiger partial charge in [-0.25, -0.2) is 0 Å². The first-order valence-electron chi connectivity index (χ1n) is 5.22. The van der Waals surface area contributed by atoms with E-state index in [1.807, 2.05) is 29.9 Å². The third kappa shape index (κ3) is 2.58. The second kappa shape index (κ2) is 4.89. The molecule has 0 aliphatic heterocycles. The molecule has 1 N–H and O–H groups in total. The average molecular weight is 247 g/mol. The van der Waals surface area contributed by atoms with Crippen LogP contribution in [0.3, 0.4) is 0 Å². The minimum absolute atomic E-state index is 0.445. The van der Waals surface area contributed by atoms with Gasteiger partial charge in [-0.2, -0.15) is 10.4 Å². The summed E-state index contributed by atoms with van der Waals surface area (Å²) in [6.07, 6.45) is 3.65. The van der Waals surface area contributed by atoms with Gasteiger partial charge in [-0.1, -0.05) is 11.6 Å². The van der Waals surface area contributed by atoms with Crippen molar-refractivity contribution in [2.45, 2.75) is 13.5 Å². The maximum Gasteiger partial charge on any atom is 0.101 e. The summed E-state index contributed by atoms with van der Waals surface area (Å²) in [4.78, 5) is 0. The van der Waals surface area contributed by atoms with Gasteiger partial charge in [0, 0.05) is 18.4 Å². The lowest BCUT2D eigenvalue weighted by atomic mass is 10.2. The molecule has 1 heterocycles. The minimum atomic E-state index is 0.445. The molecule has 0 saturated heterocycles. The van der Waals surface area contributed by atoms with Gasteiger partial charge in [0.15, 0.2) is 0 Å². The molecule has 1 aromatic carbocycles. The van der Waals surface area contributed by atoms with Crippen molar-refractivity contribution >= 4 is 23.0 Å². The minimum Gasteiger partial charge on any atom is -0.353 e. The Morgan fingerprint density at radius 1 is 1.47 bits per heavy atom. The predicted molar refractivity (Wildman–Crippen MR) is 67.4 cm³/mol. The highest BCUT2D eigenvalue weighted by Gasteiger charge is 2.02. The van der Waals surface area contributed by atoms with E-state index < -0.39 is 0 Å². The first-order valence-corrected chi connectivity index (χ1v) is 5.60. The van der Waals surface area contributed by atoms with E-state index in [4.69, 9.17) is 16.9 Å². The molecule has 0 fully saturated rings. The van der Waals surface area contributed by atoms with Crippen molar-refractivity contribution in [3.63, 3.8) is 0 Å². The van der Waals surface area contributed by atoms with Crippen molar-refractivity contribution in [2.24, 2.45) is 0 Å². The highest BCUT2D eigenvalue weighted by atomic mass is 35.5. The summed E-state index contributed by atoms with van der Waals surface area (Å²) in [5, 5.41) is 16.5. The Bertz CT molecular complexity index is 568. The molecule has 0 unspecified atom stereocenters. The van der Waals surface area contributed by atoms with Crippen LogP contribution in [0.5, 0.6) is 0 Å². The maximum absolute atomic E-state index is 8.77. The first-order chi connectivity index (χ1) is 8.22. The smallest absolute Gasteiger partial charge is 0.101 e. The molecule has 17 heavy (non-hydrogen) atoms. The van der Waals surface area contributed by atoms with Crippen LogP contribution in [-0.4, -0.2) is 9.78 Å². The van der Waals surface area contributed by atoms with E-state index in [9.17, 15) is 0 Å². The number of hydrogen-bond donors (Lipinski definition) is 1. The van der Waals surface area contributed by atoms with Crippen LogP contribution < -0.4 is 5.32 Å². The van der Waals surface area contributed by atoms with Crippen LogP contribution in [0, 0.1) is 11.3 Å². The van der Waals surface area contributed by atoms with Crippen LogP contribution in [-0.2, 0) is 6.54 Å². The quantitative estimate of drug-likeness (QED) is 0.905. The SMILES string of the molecule is CCn1cc(Nc2ccc(C#N)c(Cl)c2)cn1. The van der Waals surface area contributed by atoms with Gasteiger partial charge in [-0.15, -0.1) is 0 Å². The normalized spacial score (nSPS) is 9.94. The lowest BCUT2D eigenvalue weighted by Crippen LogP contribution is -1.93. The topological polar surface area (TPSA) is 53.6 Å². The van der Waals surface area contributed by atoms with E-state index >= 15 is 0 Å². The van der Waals surface area contributed by atoms with Crippen molar-refractivity contribution in [3.8, 4) is 6.07 Å². The van der Waals surface area contributed by atoms with Gasteiger partial charge in [0.1, 0.15) is 6.07 Å². The van der Waals surface area contributed by atoms with E-state index in [1.165, 1.54) is 0 Å². The fourth-order valence-electron chi connectivity index (χ4n) is 1.45. The molecule has 0 radical (unpaired) electrons. The van der Waals surface area contributed by atoms with Gasteiger partial charge in [0.25, 0.3) is 0 Å². The molecule has 0 atom stereocenters. The second-order valence-electron chi connectivity index (χ2n) is 3.52. The molecular weight excluding hydrogens is 236 g/mol. The van der Waals surface area contributed by atoms with E-state index in [0.29, 0.717) is 10.6 Å². The zero-order valence-corrected chi connectivity index (χ0v) is 10.1. The van der Waals surface area contributed by atoms with Gasteiger partial charge in [-0.3, -0.25) is 4.68 Å². The Morgan fingerprint density at radius 3 is 2.88 bits per heavy atom. The number of benzene rings is 1. The lowest BCUT2D eigenvalue weighted by molar-refractivity contribution is 0.660. The summed E-state index contributed by atoms with van der Waals surface area (Å²) in [6.45, 7) is 2.85. The Kier molecular flexibility index (Phi) is 3.31. The Balaban J connectivity index is 2.19. The summed E-state index contributed by atoms with van der Waals surface area (Å²) < 4.78 is 1.83. The van der Waals surface area contributed by atoms with E-state index in [2.05, 4.69) is 10.4 Å². The average Bonchev–Trinajstić information content (AvgIpc) is 2.77. The standard InChI is InChI=1S/C12H11ClN4/c1-2-17-8-11(7-15-17)16-10-4-3-9(6-14)12(13)5-10/h3-5,7-8,16H,2H2,1H3. The third-order valence-corrected chi connectivity index (χ3v) is 2.65. The number of halogens is 1. The predicted octanol–water partition coefficient (Wildman–Crippen LogP) is 3.17. The number of aryl methyl sites for hydroxylation is 1. The van der Waals surface area contributed by atoms with Crippen molar-refractivity contribution in [1.29, 1.82) is 5.26 Å². The molecule has 86 valence electrons. The van der Waals surface area contributed by atoms with Crippen LogP contribution in [0.2, 0.25) is 5.02 Å². The van der Waals surface area contributed by atoms with Crippen LogP contribution in [0.15, 0.2) is 30.6 Å². The number of nitriles is 1. The summed E-state index contributed by atoms with van der Waals surface area (Å²) >= 11 is 5.94. The molecule has 4 nitrogen and oxygen atoms in total. The Labute approximate surface area is 104 Å². The second-order valence-corrected chi connectivity index (χ2v) is 3.92. The molecule has 0 bridgehead atoms. The van der Waals surface area contributed by atoms with Gasteiger partial charge < -0.3 is 5.32 Å². The summed E-state index contributed by atoms with van der Waals surface area (Å²) in [7, 11) is 0. The first kappa shape index (κ1) is 11.5. The molecule has 0 aliphatic rings. The Hall–Kier alpha value is -1.99. The van der Waals surface area contributed by atoms with Gasteiger partial charge in [0.2, 0.25) is 0 Å². The molecule has 0 amide bonds. The van der Waals surface area contributed by atoms with Crippen molar-refractivity contribution in [2.75, 3.05) is 5.32 Å². The van der Waals surface area contributed by atoms with Crippen molar-refractivity contribution in [1.82, 2.24) is 9.78 Å². The lowest BCUT2D eigenvalue weighted by Gasteiger charge is -2.04. The highest BCUT2D eigenvalue weighted by Crippen LogP contribution is 2.22. The van der Waals surface area contributed by atoms with Crippen molar-refractivity contribution < 1.29 is 0 Å². The summed E-state index contributed by atoms with van der Waals surface area (Å²) in [5.41, 5.74) is 2.21. The highest BCUT2D eigenvalue weighted by molar-refractivity contribution is 6.32. The van der Waals surface area contributed by atoms with Gasteiger partial charge >= 0.3 is 0 Å². The molecular formula is C12H11ClN4. The molecule has 5 heteroatoms. The summed E-state index contributed by atoms with van der Waals surface area (Å²) in [6, 6.07) is 7.25. The third-order valence-electron chi connectivity index (χ3n) is 2.34. The van der Waals surface area contributed by atoms with E-state index in [0.717, 1.165) is 17.9 Å². The summed E-state index contributed by atoms with van der Waals surface area (Å²) in [5.74, 6) is 0. The number of hydrogen-bond acceptors (Lipinski definition) is 3. The number of anilines is 2. The van der Waals surface area contributed by atoms with Crippen LogP contribution in [0.1, 0.15) is 12.5 Å². The van der Waals surface area contributed by atoms with Crippen LogP contribution >= 0.6 is 11.6 Å². The largest absolute Gasteiger partial charge is 0.353 e. The van der Waals surface area contributed by atoms with Crippen molar-refractivity contribution in [3.05, 3.63) is 41.2 Å². The monoisotopic (exact) mass is 246 g/mol. The molecule has 2 rings (SSSR count). The molecule has 1 aromatic heterocycles. The fourth-order valence-corrected chi connectivity index (χ4v) is 1.67. The molecule has 0 saturated carbocycles. The van der Waals surface area contributed by atoms with Crippen LogP contribution in [0.25, 0.3) is 0 Å². The van der Waals surface area contributed by atoms with Gasteiger partial charge in [0.05, 0.1) is 22.5 Å². The Morgan fingerprint density at radius 2 is 2.29 bits per heavy atom. The maximum atomic E-state index is 8.77. The molecule has 2 aromatic rings. The number of nitrogens with one attached hydrogen (secondary N) is 1. The zero-order valence-electron chi connectivity index (χ0n) is 9.31. The van der Waals surface area contributed by atoms with E-state index in [-0.39, 0.29) is 0 Å². The fraction of sp³-hybridized carbons (Fsp3) is 0.167. The number of rotatable bonds is 3. The zero-order chi connectivity index (χ0) is 12.3. The number of nitrogens with zero attached hydrogens (tertiary/aromatic N) is 3. The van der Waals surface area contributed by atoms with Crippen LogP contribution in [0.4, 0.5) is 11.4 Å². The molecule has 0 aliphatic carbocycles. The molecule has 0 spiro atoms. The van der Waals surface area contributed by atoms with E-state index in [1.54, 1.807) is 18.3 Å². The van der Waals surface area contributed by atoms with Gasteiger partial charge in [-0.05, 0) is 25.1 Å².